The molecule has 1 heterocycles. The van der Waals surface area contributed by atoms with Gasteiger partial charge in [0.05, 0.1) is 22.7 Å². The highest BCUT2D eigenvalue weighted by Crippen LogP contribution is 2.21. The summed E-state index contributed by atoms with van der Waals surface area (Å²) in [7, 11) is 0. The van der Waals surface area contributed by atoms with Gasteiger partial charge in [-0.15, -0.1) is 0 Å². The highest BCUT2D eigenvalue weighted by atomic mass is 32.1. The predicted molar refractivity (Wildman–Crippen MR) is 132 cm³/mol. The molecule has 0 fully saturated rings. The average molecular weight is 491 g/mol. The SMILES string of the molecule is CCOC(Cc1ccc(OCCn2c(=O)sc3cc(C(=O)c4ccccc4)ccc32)cc1)C(=O)[O-]. The van der Waals surface area contributed by atoms with Crippen molar-refractivity contribution in [2.24, 2.45) is 0 Å². The molecule has 1 atom stereocenters. The second-order valence-electron chi connectivity index (χ2n) is 7.86. The Bertz CT molecular complexity index is 1370. The first kappa shape index (κ1) is 24.4. The fourth-order valence-corrected chi connectivity index (χ4v) is 4.73. The number of thiazole rings is 1. The van der Waals surface area contributed by atoms with Gasteiger partial charge in [0.25, 0.3) is 0 Å². The lowest BCUT2D eigenvalue weighted by Gasteiger charge is -2.18. The number of hydrogen-bond donors (Lipinski definition) is 0. The van der Waals surface area contributed by atoms with Gasteiger partial charge in [0.1, 0.15) is 18.5 Å². The molecule has 8 heteroatoms. The highest BCUT2D eigenvalue weighted by Gasteiger charge is 2.14. The number of hydrogen-bond acceptors (Lipinski definition) is 7. The lowest BCUT2D eigenvalue weighted by molar-refractivity contribution is -0.316. The van der Waals surface area contributed by atoms with Crippen molar-refractivity contribution in [2.45, 2.75) is 26.0 Å². The van der Waals surface area contributed by atoms with Crippen molar-refractivity contribution in [3.05, 3.63) is 99.2 Å². The van der Waals surface area contributed by atoms with Crippen molar-refractivity contribution in [3.63, 3.8) is 0 Å². The smallest absolute Gasteiger partial charge is 0.308 e. The van der Waals surface area contributed by atoms with Gasteiger partial charge >= 0.3 is 4.87 Å². The summed E-state index contributed by atoms with van der Waals surface area (Å²) in [6, 6.07) is 21.4. The number of nitrogens with zero attached hydrogens (tertiary/aromatic N) is 1. The van der Waals surface area contributed by atoms with Gasteiger partial charge in [-0.25, -0.2) is 0 Å². The summed E-state index contributed by atoms with van der Waals surface area (Å²) in [4.78, 5) is 36.3. The van der Waals surface area contributed by atoms with E-state index in [0.29, 0.717) is 30.0 Å². The number of carboxylic acids is 1. The third-order valence-corrected chi connectivity index (χ3v) is 6.47. The molecule has 0 N–H and O–H groups in total. The minimum absolute atomic E-state index is 0.0844. The van der Waals surface area contributed by atoms with Gasteiger partial charge < -0.3 is 19.4 Å². The fourth-order valence-electron chi connectivity index (χ4n) is 3.78. The van der Waals surface area contributed by atoms with E-state index in [1.165, 1.54) is 0 Å². The summed E-state index contributed by atoms with van der Waals surface area (Å²) >= 11 is 1.10. The molecule has 0 aliphatic heterocycles. The lowest BCUT2D eigenvalue weighted by atomic mass is 10.0. The summed E-state index contributed by atoms with van der Waals surface area (Å²) in [6.07, 6.45) is -0.782. The molecule has 1 aromatic heterocycles. The highest BCUT2D eigenvalue weighted by molar-refractivity contribution is 7.16. The standard InChI is InChI=1S/C27H25NO6S/c1-2-33-23(26(30)31)16-18-8-11-21(12-9-18)34-15-14-28-22-13-10-20(17-24(22)35-27(28)32)25(29)19-6-4-3-5-7-19/h3-13,17,23H,2,14-16H2,1H3,(H,30,31)/p-1. The molecule has 4 aromatic rings. The molecule has 0 bridgehead atoms. The zero-order valence-corrected chi connectivity index (χ0v) is 20.0. The Labute approximate surface area is 206 Å². The number of carbonyl (C=O) groups is 2. The van der Waals surface area contributed by atoms with Crippen molar-refractivity contribution < 1.29 is 24.2 Å². The van der Waals surface area contributed by atoms with Gasteiger partial charge in [-0.2, -0.15) is 0 Å². The molecule has 180 valence electrons. The van der Waals surface area contributed by atoms with E-state index in [-0.39, 0.29) is 23.7 Å². The van der Waals surface area contributed by atoms with Crippen LogP contribution in [0.3, 0.4) is 0 Å². The third kappa shape index (κ3) is 5.85. The Kier molecular flexibility index (Phi) is 7.74. The summed E-state index contributed by atoms with van der Waals surface area (Å²) in [5.74, 6) is -0.713. The molecule has 0 aliphatic carbocycles. The zero-order valence-electron chi connectivity index (χ0n) is 19.1. The van der Waals surface area contributed by atoms with Crippen LogP contribution in [0.25, 0.3) is 10.2 Å². The van der Waals surface area contributed by atoms with Gasteiger partial charge in [-0.05, 0) is 42.8 Å². The van der Waals surface area contributed by atoms with Gasteiger partial charge in [-0.3, -0.25) is 14.2 Å². The number of ether oxygens (including phenoxy) is 2. The van der Waals surface area contributed by atoms with E-state index in [1.807, 2.05) is 18.2 Å². The molecule has 3 aromatic carbocycles. The Hall–Kier alpha value is -3.75. The Morgan fingerprint density at radius 3 is 2.43 bits per heavy atom. The Balaban J connectivity index is 1.39. The number of ketones is 1. The maximum Gasteiger partial charge on any atom is 0.308 e. The van der Waals surface area contributed by atoms with E-state index in [4.69, 9.17) is 9.47 Å². The first-order chi connectivity index (χ1) is 17.0. The Morgan fingerprint density at radius 2 is 1.74 bits per heavy atom. The fraction of sp³-hybridized carbons (Fsp3) is 0.222. The topological polar surface area (TPSA) is 97.7 Å². The maximum absolute atomic E-state index is 12.7. The van der Waals surface area contributed by atoms with Gasteiger partial charge in [0, 0.05) is 24.2 Å². The molecule has 0 spiro atoms. The van der Waals surface area contributed by atoms with E-state index < -0.39 is 12.1 Å². The van der Waals surface area contributed by atoms with Crippen molar-refractivity contribution in [1.29, 1.82) is 0 Å². The second kappa shape index (κ2) is 11.1. The molecule has 0 saturated carbocycles. The number of carboxylic acid groups (broad SMARTS) is 1. The van der Waals surface area contributed by atoms with Crippen LogP contribution >= 0.6 is 11.3 Å². The summed E-state index contributed by atoms with van der Waals surface area (Å²) < 4.78 is 13.4. The lowest BCUT2D eigenvalue weighted by Crippen LogP contribution is -2.39. The number of aromatic nitrogens is 1. The van der Waals surface area contributed by atoms with Crippen molar-refractivity contribution in [3.8, 4) is 5.75 Å². The van der Waals surface area contributed by atoms with Crippen LogP contribution in [0.2, 0.25) is 0 Å². The number of benzene rings is 3. The van der Waals surface area contributed by atoms with Crippen molar-refractivity contribution >= 4 is 33.3 Å². The average Bonchev–Trinajstić information content (AvgIpc) is 3.19. The predicted octanol–water partition coefficient (Wildman–Crippen LogP) is 3.07. The Morgan fingerprint density at radius 1 is 1.00 bits per heavy atom. The van der Waals surface area contributed by atoms with Crippen LogP contribution in [0.1, 0.15) is 28.4 Å². The van der Waals surface area contributed by atoms with E-state index in [2.05, 4.69) is 0 Å². The van der Waals surface area contributed by atoms with Crippen LogP contribution in [-0.4, -0.2) is 35.6 Å². The minimum atomic E-state index is -1.24. The van der Waals surface area contributed by atoms with Crippen LogP contribution in [0.4, 0.5) is 0 Å². The third-order valence-electron chi connectivity index (χ3n) is 5.53. The van der Waals surface area contributed by atoms with Crippen LogP contribution < -0.4 is 14.7 Å². The minimum Gasteiger partial charge on any atom is -0.547 e. The number of rotatable bonds is 11. The molecule has 0 amide bonds. The van der Waals surface area contributed by atoms with E-state index in [9.17, 15) is 19.5 Å². The van der Waals surface area contributed by atoms with E-state index in [0.717, 1.165) is 27.1 Å². The molecule has 0 aliphatic rings. The van der Waals surface area contributed by atoms with E-state index >= 15 is 0 Å². The van der Waals surface area contributed by atoms with Crippen LogP contribution in [0, 0.1) is 0 Å². The van der Waals surface area contributed by atoms with Gasteiger partial charge in [0.2, 0.25) is 0 Å². The first-order valence-corrected chi connectivity index (χ1v) is 12.0. The van der Waals surface area contributed by atoms with E-state index in [1.54, 1.807) is 66.1 Å². The molecule has 4 rings (SSSR count). The van der Waals surface area contributed by atoms with Crippen molar-refractivity contribution in [2.75, 3.05) is 13.2 Å². The number of fused-ring (bicyclic) bond motifs is 1. The van der Waals surface area contributed by atoms with Crippen LogP contribution in [-0.2, 0) is 22.5 Å². The van der Waals surface area contributed by atoms with Crippen LogP contribution in [0.5, 0.6) is 5.75 Å². The van der Waals surface area contributed by atoms with Crippen molar-refractivity contribution in [1.82, 2.24) is 4.57 Å². The monoisotopic (exact) mass is 490 g/mol. The maximum atomic E-state index is 12.7. The summed E-state index contributed by atoms with van der Waals surface area (Å²) in [5, 5.41) is 11.1. The molecule has 0 saturated heterocycles. The molecular formula is C27H24NO6S-. The largest absolute Gasteiger partial charge is 0.547 e. The number of aliphatic carboxylic acids is 1. The molecular weight excluding hydrogens is 466 g/mol. The summed E-state index contributed by atoms with van der Waals surface area (Å²) in [6.45, 7) is 2.65. The molecule has 7 nitrogen and oxygen atoms in total. The molecule has 1 unspecified atom stereocenters. The normalized spacial score (nSPS) is 11.9. The van der Waals surface area contributed by atoms with Crippen LogP contribution in [0.15, 0.2) is 77.6 Å². The number of carbonyl (C=O) groups excluding carboxylic acids is 2. The van der Waals surface area contributed by atoms with Gasteiger partial charge in [0.15, 0.2) is 5.78 Å². The van der Waals surface area contributed by atoms with Gasteiger partial charge in [-0.1, -0.05) is 53.8 Å². The molecule has 0 radical (unpaired) electrons. The first-order valence-electron chi connectivity index (χ1n) is 11.2. The quantitative estimate of drug-likeness (QED) is 0.300. The zero-order chi connectivity index (χ0) is 24.8. The second-order valence-corrected chi connectivity index (χ2v) is 8.85. The summed E-state index contributed by atoms with van der Waals surface area (Å²) in [5.41, 5.74) is 2.69. The molecule has 35 heavy (non-hydrogen) atoms.